The van der Waals surface area contributed by atoms with Gasteiger partial charge in [-0.15, -0.1) is 0 Å². The zero-order valence-corrected chi connectivity index (χ0v) is 12.5. The molecule has 0 amide bonds. The fraction of sp³-hybridized carbons (Fsp3) is 0.0588. The molecule has 0 aromatic heterocycles. The Morgan fingerprint density at radius 1 is 0.667 bits per heavy atom. The molecular weight excluding hydrogens is 232 g/mol. The minimum atomic E-state index is 0.567. The molecule has 18 heavy (non-hydrogen) atoms. The summed E-state index contributed by atoms with van der Waals surface area (Å²) in [7, 11) is 1.13. The predicted octanol–water partition coefficient (Wildman–Crippen LogP) is 3.29. The molecular formula is C17H16Si. The summed E-state index contributed by atoms with van der Waals surface area (Å²) < 4.78 is 0. The van der Waals surface area contributed by atoms with Crippen LogP contribution in [0.15, 0.2) is 72.8 Å². The maximum Gasteiger partial charge on any atom is 0.0179 e. The third-order valence-electron chi connectivity index (χ3n) is 3.59. The summed E-state index contributed by atoms with van der Waals surface area (Å²) in [5, 5.41) is 2.73. The van der Waals surface area contributed by atoms with Crippen LogP contribution in [0, 0.1) is 0 Å². The maximum absolute atomic E-state index is 2.27. The van der Waals surface area contributed by atoms with Crippen molar-refractivity contribution in [3.05, 3.63) is 83.9 Å². The number of hydrogen-bond donors (Lipinski definition) is 0. The molecule has 0 N–H and O–H groups in total. The average molecular weight is 248 g/mol. The first-order chi connectivity index (χ1) is 8.86. The summed E-state index contributed by atoms with van der Waals surface area (Å²) >= 11 is 0. The van der Waals surface area contributed by atoms with E-state index in [1.807, 2.05) is 0 Å². The van der Waals surface area contributed by atoms with Crippen molar-refractivity contribution in [3.8, 4) is 0 Å². The predicted molar refractivity (Wildman–Crippen MR) is 82.2 cm³/mol. The second-order valence-corrected chi connectivity index (χ2v) is 5.86. The van der Waals surface area contributed by atoms with Crippen molar-refractivity contribution >= 4 is 21.0 Å². The normalized spacial score (nSPS) is 12.7. The summed E-state index contributed by atoms with van der Waals surface area (Å²) in [6.07, 6.45) is 0. The van der Waals surface area contributed by atoms with Crippen molar-refractivity contribution in [2.24, 2.45) is 0 Å². The van der Waals surface area contributed by atoms with Gasteiger partial charge in [0, 0.05) is 10.2 Å². The van der Waals surface area contributed by atoms with Crippen LogP contribution in [-0.2, 0) is 0 Å². The first-order valence-electron chi connectivity index (χ1n) is 6.39. The Bertz CT molecular complexity index is 653. The Morgan fingerprint density at radius 2 is 1.33 bits per heavy atom. The zero-order chi connectivity index (χ0) is 12.4. The summed E-state index contributed by atoms with van der Waals surface area (Å²) in [4.78, 5) is 0. The van der Waals surface area contributed by atoms with E-state index in [1.54, 1.807) is 0 Å². The molecule has 1 heteroatoms. The Hall–Kier alpha value is -1.86. The topological polar surface area (TPSA) is 0 Å². The monoisotopic (exact) mass is 248 g/mol. The van der Waals surface area contributed by atoms with Crippen LogP contribution in [0.4, 0.5) is 0 Å². The lowest BCUT2D eigenvalue weighted by Gasteiger charge is -2.15. The summed E-state index contributed by atoms with van der Waals surface area (Å²) in [6.45, 7) is 0. The van der Waals surface area contributed by atoms with Crippen LogP contribution in [0.3, 0.4) is 0 Å². The van der Waals surface area contributed by atoms with Gasteiger partial charge < -0.3 is 0 Å². The maximum atomic E-state index is 2.27. The van der Waals surface area contributed by atoms with Gasteiger partial charge in [0.2, 0.25) is 0 Å². The van der Waals surface area contributed by atoms with Gasteiger partial charge in [0.1, 0.15) is 0 Å². The highest BCUT2D eigenvalue weighted by Gasteiger charge is 2.10. The van der Waals surface area contributed by atoms with Crippen LogP contribution in [0.5, 0.6) is 0 Å². The highest BCUT2D eigenvalue weighted by atomic mass is 28.1. The van der Waals surface area contributed by atoms with Crippen LogP contribution in [0.1, 0.15) is 16.7 Å². The van der Waals surface area contributed by atoms with Gasteiger partial charge in [0.25, 0.3) is 0 Å². The minimum Gasteiger partial charge on any atom is -0.0622 e. The van der Waals surface area contributed by atoms with Crippen molar-refractivity contribution in [2.45, 2.75) is 5.54 Å². The minimum absolute atomic E-state index is 0.567. The third-order valence-corrected chi connectivity index (χ3v) is 4.88. The quantitative estimate of drug-likeness (QED) is 0.611. The van der Waals surface area contributed by atoms with Crippen molar-refractivity contribution in [1.29, 1.82) is 0 Å². The molecule has 0 fully saturated rings. The lowest BCUT2D eigenvalue weighted by molar-refractivity contribution is 1.16. The fourth-order valence-electron chi connectivity index (χ4n) is 2.55. The molecule has 0 bridgehead atoms. The Balaban J connectivity index is 2.15. The molecule has 1 unspecified atom stereocenters. The van der Waals surface area contributed by atoms with Gasteiger partial charge in [-0.25, -0.2) is 0 Å². The first kappa shape index (κ1) is 11.2. The van der Waals surface area contributed by atoms with E-state index in [0.717, 1.165) is 10.2 Å². The van der Waals surface area contributed by atoms with E-state index in [2.05, 4.69) is 72.8 Å². The van der Waals surface area contributed by atoms with E-state index in [9.17, 15) is 0 Å². The average Bonchev–Trinajstić information content (AvgIpc) is 2.47. The molecule has 3 aromatic carbocycles. The van der Waals surface area contributed by atoms with Gasteiger partial charge in [-0.1, -0.05) is 72.8 Å². The molecule has 0 saturated carbocycles. The highest BCUT2D eigenvalue weighted by Crippen LogP contribution is 2.28. The first-order valence-corrected chi connectivity index (χ1v) is 7.54. The van der Waals surface area contributed by atoms with Crippen LogP contribution in [0.2, 0.25) is 0 Å². The van der Waals surface area contributed by atoms with E-state index < -0.39 is 0 Å². The highest BCUT2D eigenvalue weighted by molar-refractivity contribution is 6.16. The van der Waals surface area contributed by atoms with Gasteiger partial charge >= 0.3 is 0 Å². The largest absolute Gasteiger partial charge is 0.0622 e. The molecule has 1 atom stereocenters. The molecule has 3 aromatic rings. The molecule has 88 valence electrons. The third kappa shape index (κ3) is 1.98. The summed E-state index contributed by atoms with van der Waals surface area (Å²) in [5.74, 6) is 0. The van der Waals surface area contributed by atoms with E-state index >= 15 is 0 Å². The Kier molecular flexibility index (Phi) is 2.99. The molecule has 0 nitrogen and oxygen atoms in total. The zero-order valence-electron chi connectivity index (χ0n) is 10.5. The van der Waals surface area contributed by atoms with Crippen LogP contribution in [-0.4, -0.2) is 10.2 Å². The Labute approximate surface area is 111 Å². The molecule has 0 aliphatic rings. The van der Waals surface area contributed by atoms with Gasteiger partial charge in [-0.2, -0.15) is 0 Å². The molecule has 0 radical (unpaired) electrons. The van der Waals surface area contributed by atoms with Crippen LogP contribution >= 0.6 is 0 Å². The van der Waals surface area contributed by atoms with E-state index in [-0.39, 0.29) is 0 Å². The summed E-state index contributed by atoms with van der Waals surface area (Å²) in [6, 6.07) is 26.1. The van der Waals surface area contributed by atoms with E-state index in [4.69, 9.17) is 0 Å². The van der Waals surface area contributed by atoms with Gasteiger partial charge in [-0.05, 0) is 27.4 Å². The Morgan fingerprint density at radius 3 is 2.17 bits per heavy atom. The smallest absolute Gasteiger partial charge is 0.0179 e. The second kappa shape index (κ2) is 4.79. The molecule has 0 aliphatic heterocycles. The van der Waals surface area contributed by atoms with Crippen molar-refractivity contribution < 1.29 is 0 Å². The van der Waals surface area contributed by atoms with E-state index in [1.165, 1.54) is 21.9 Å². The van der Waals surface area contributed by atoms with Crippen LogP contribution in [0.25, 0.3) is 10.8 Å². The van der Waals surface area contributed by atoms with Gasteiger partial charge in [0.05, 0.1) is 0 Å². The SMILES string of the molecule is [SiH3]C(c1ccccc1)c1cccc2ccccc12. The lowest BCUT2D eigenvalue weighted by Crippen LogP contribution is -2.00. The number of benzene rings is 3. The van der Waals surface area contributed by atoms with Gasteiger partial charge in [0.15, 0.2) is 0 Å². The molecule has 0 aliphatic carbocycles. The molecule has 0 heterocycles. The summed E-state index contributed by atoms with van der Waals surface area (Å²) in [5.41, 5.74) is 3.46. The number of rotatable bonds is 2. The standard InChI is InChI=1S/C17H16Si/c18-17(14-8-2-1-3-9-14)16-12-6-10-13-7-4-5-11-15(13)16/h1-12,17H,18H3. The van der Waals surface area contributed by atoms with Gasteiger partial charge in [-0.3, -0.25) is 0 Å². The molecule has 0 spiro atoms. The molecule has 3 rings (SSSR count). The molecule has 0 saturated heterocycles. The number of hydrogen-bond acceptors (Lipinski definition) is 0. The van der Waals surface area contributed by atoms with E-state index in [0.29, 0.717) is 5.54 Å². The second-order valence-electron chi connectivity index (χ2n) is 4.70. The fourth-order valence-corrected chi connectivity index (χ4v) is 3.44. The van der Waals surface area contributed by atoms with Crippen molar-refractivity contribution in [2.75, 3.05) is 0 Å². The number of fused-ring (bicyclic) bond motifs is 1. The van der Waals surface area contributed by atoms with Crippen molar-refractivity contribution in [1.82, 2.24) is 0 Å². The van der Waals surface area contributed by atoms with Crippen molar-refractivity contribution in [3.63, 3.8) is 0 Å². The van der Waals surface area contributed by atoms with Crippen LogP contribution < -0.4 is 0 Å². The lowest BCUT2D eigenvalue weighted by atomic mass is 9.98.